The van der Waals surface area contributed by atoms with Crippen LogP contribution in [-0.2, 0) is 16.3 Å². The molecule has 0 aromatic heterocycles. The highest BCUT2D eigenvalue weighted by molar-refractivity contribution is 7.90. The molecular formula is C22H28Cl2N2O3S. The molecule has 2 atom stereocenters. The summed E-state index contributed by atoms with van der Waals surface area (Å²) < 4.78 is 23.1. The third-order valence-corrected chi connectivity index (χ3v) is 6.72. The first kappa shape index (κ1) is 24.7. The molecule has 0 saturated heterocycles. The molecule has 1 amide bonds. The van der Waals surface area contributed by atoms with E-state index in [1.807, 2.05) is 12.1 Å². The summed E-state index contributed by atoms with van der Waals surface area (Å²) in [6, 6.07) is 14.4. The molecule has 1 aliphatic rings. The van der Waals surface area contributed by atoms with Crippen LogP contribution in [0.5, 0.6) is 0 Å². The monoisotopic (exact) mass is 470 g/mol. The second-order valence-electron chi connectivity index (χ2n) is 7.60. The van der Waals surface area contributed by atoms with Gasteiger partial charge in [0.2, 0.25) is 0 Å². The van der Waals surface area contributed by atoms with Gasteiger partial charge in [-0.1, -0.05) is 23.7 Å². The van der Waals surface area contributed by atoms with Crippen LogP contribution in [0.25, 0.3) is 0 Å². The topological polar surface area (TPSA) is 75.3 Å². The van der Waals surface area contributed by atoms with Gasteiger partial charge >= 0.3 is 0 Å². The lowest BCUT2D eigenvalue weighted by Gasteiger charge is -2.22. The number of carbonyl (C=O) groups excluding carboxylic acids is 1. The summed E-state index contributed by atoms with van der Waals surface area (Å²) in [7, 11) is -3.26. The number of rotatable bonds is 8. The van der Waals surface area contributed by atoms with Crippen LogP contribution < -0.4 is 10.6 Å². The zero-order valence-electron chi connectivity index (χ0n) is 16.9. The van der Waals surface area contributed by atoms with Crippen molar-refractivity contribution >= 4 is 39.8 Å². The van der Waals surface area contributed by atoms with Gasteiger partial charge in [-0.15, -0.1) is 12.4 Å². The Kier molecular flexibility index (Phi) is 9.16. The van der Waals surface area contributed by atoms with Crippen molar-refractivity contribution in [2.24, 2.45) is 0 Å². The molecule has 1 fully saturated rings. The largest absolute Gasteiger partial charge is 0.348 e. The second-order valence-corrected chi connectivity index (χ2v) is 10.1. The summed E-state index contributed by atoms with van der Waals surface area (Å²) in [5, 5.41) is 7.43. The molecule has 0 aliphatic heterocycles. The minimum atomic E-state index is -3.26. The average molecular weight is 471 g/mol. The third-order valence-electron chi connectivity index (χ3n) is 5.34. The van der Waals surface area contributed by atoms with Crippen LogP contribution >= 0.6 is 24.0 Å². The smallest absolute Gasteiger partial charge is 0.251 e. The number of hydrogen-bond donors (Lipinski definition) is 2. The summed E-state index contributed by atoms with van der Waals surface area (Å²) in [6.07, 6.45) is 6.23. The number of hydrogen-bond acceptors (Lipinski definition) is 4. The Morgan fingerprint density at radius 1 is 1.03 bits per heavy atom. The van der Waals surface area contributed by atoms with E-state index < -0.39 is 9.84 Å². The third kappa shape index (κ3) is 6.98. The van der Waals surface area contributed by atoms with Gasteiger partial charge in [-0.3, -0.25) is 4.79 Å². The molecule has 8 heteroatoms. The number of amides is 1. The highest BCUT2D eigenvalue weighted by Gasteiger charge is 2.28. The number of halogens is 2. The van der Waals surface area contributed by atoms with Gasteiger partial charge in [0, 0.05) is 28.9 Å². The van der Waals surface area contributed by atoms with Gasteiger partial charge in [0.1, 0.15) is 0 Å². The van der Waals surface area contributed by atoms with Crippen LogP contribution in [0.15, 0.2) is 53.4 Å². The van der Waals surface area contributed by atoms with Gasteiger partial charge in [-0.05, 0) is 80.6 Å². The molecule has 2 N–H and O–H groups in total. The lowest BCUT2D eigenvalue weighted by Crippen LogP contribution is -2.47. The maximum atomic E-state index is 12.6. The normalized spacial score (nSPS) is 18.6. The quantitative estimate of drug-likeness (QED) is 0.570. The van der Waals surface area contributed by atoms with E-state index in [0.717, 1.165) is 49.9 Å². The van der Waals surface area contributed by atoms with Gasteiger partial charge in [-0.25, -0.2) is 8.42 Å². The molecule has 1 saturated carbocycles. The van der Waals surface area contributed by atoms with Crippen LogP contribution in [0.4, 0.5) is 0 Å². The number of carbonyl (C=O) groups is 1. The Balaban J connectivity index is 0.00000320. The zero-order valence-corrected chi connectivity index (χ0v) is 19.3. The number of sulfone groups is 1. The summed E-state index contributed by atoms with van der Waals surface area (Å²) in [4.78, 5) is 12.8. The lowest BCUT2D eigenvalue weighted by atomic mass is 10.1. The van der Waals surface area contributed by atoms with E-state index in [4.69, 9.17) is 11.6 Å². The van der Waals surface area contributed by atoms with Crippen molar-refractivity contribution in [1.29, 1.82) is 0 Å². The van der Waals surface area contributed by atoms with Gasteiger partial charge in [0.05, 0.1) is 4.90 Å². The van der Waals surface area contributed by atoms with Crippen molar-refractivity contribution in [3.63, 3.8) is 0 Å². The predicted molar refractivity (Wildman–Crippen MR) is 123 cm³/mol. The van der Waals surface area contributed by atoms with E-state index in [0.29, 0.717) is 5.56 Å². The standard InChI is InChI=1S/C22H27ClN2O3S.ClH/c1-29(27,28)19-13-9-17(10-14-19)22(26)25-21-6-2-5-20(21)24-15-3-4-16-7-11-18(23)12-8-16;/h7-14,20-21,24H,2-6,15H2,1H3,(H,25,26);1H/t20-,21-;/m1./s1. The van der Waals surface area contributed by atoms with Gasteiger partial charge in [0.25, 0.3) is 5.91 Å². The van der Waals surface area contributed by atoms with E-state index >= 15 is 0 Å². The van der Waals surface area contributed by atoms with Crippen LogP contribution in [0.3, 0.4) is 0 Å². The molecule has 0 heterocycles. The summed E-state index contributed by atoms with van der Waals surface area (Å²) in [5.41, 5.74) is 1.75. The van der Waals surface area contributed by atoms with Gasteiger partial charge in [0.15, 0.2) is 9.84 Å². The fraction of sp³-hybridized carbons (Fsp3) is 0.409. The van der Waals surface area contributed by atoms with Crippen LogP contribution in [-0.4, -0.2) is 39.2 Å². The SMILES string of the molecule is CS(=O)(=O)c1ccc(C(=O)N[C@@H]2CCC[C@H]2NCCCc2ccc(Cl)cc2)cc1.Cl. The molecule has 0 unspecified atom stereocenters. The predicted octanol–water partition coefficient (Wildman–Crippen LogP) is 4.04. The number of aryl methyl sites for hydroxylation is 1. The van der Waals surface area contributed by atoms with Crippen molar-refractivity contribution < 1.29 is 13.2 Å². The molecule has 3 rings (SSSR count). The van der Waals surface area contributed by atoms with E-state index in [2.05, 4.69) is 22.8 Å². The van der Waals surface area contributed by atoms with Gasteiger partial charge < -0.3 is 10.6 Å². The second kappa shape index (κ2) is 11.1. The average Bonchev–Trinajstić information content (AvgIpc) is 3.13. The van der Waals surface area contributed by atoms with E-state index in [1.165, 1.54) is 17.7 Å². The molecule has 30 heavy (non-hydrogen) atoms. The minimum Gasteiger partial charge on any atom is -0.348 e. The van der Waals surface area contributed by atoms with E-state index in [9.17, 15) is 13.2 Å². The highest BCUT2D eigenvalue weighted by Crippen LogP contribution is 2.20. The molecular weight excluding hydrogens is 443 g/mol. The van der Waals surface area contributed by atoms with Crippen LogP contribution in [0, 0.1) is 0 Å². The summed E-state index contributed by atoms with van der Waals surface area (Å²) >= 11 is 5.91. The van der Waals surface area contributed by atoms with E-state index in [-0.39, 0.29) is 35.3 Å². The number of nitrogens with one attached hydrogen (secondary N) is 2. The Morgan fingerprint density at radius 3 is 2.30 bits per heavy atom. The fourth-order valence-electron chi connectivity index (χ4n) is 3.71. The minimum absolute atomic E-state index is 0. The molecule has 0 bridgehead atoms. The van der Waals surface area contributed by atoms with Crippen molar-refractivity contribution in [2.75, 3.05) is 12.8 Å². The molecule has 0 spiro atoms. The maximum absolute atomic E-state index is 12.6. The first-order valence-electron chi connectivity index (χ1n) is 9.92. The Hall–Kier alpha value is -1.60. The van der Waals surface area contributed by atoms with Crippen molar-refractivity contribution in [2.45, 2.75) is 49.1 Å². The Morgan fingerprint density at radius 2 is 1.67 bits per heavy atom. The molecule has 0 radical (unpaired) electrons. The number of benzene rings is 2. The summed E-state index contributed by atoms with van der Waals surface area (Å²) in [6.45, 7) is 0.892. The molecule has 2 aromatic carbocycles. The first-order chi connectivity index (χ1) is 13.8. The van der Waals surface area contributed by atoms with Crippen molar-refractivity contribution in [1.82, 2.24) is 10.6 Å². The maximum Gasteiger partial charge on any atom is 0.251 e. The molecule has 1 aliphatic carbocycles. The summed E-state index contributed by atoms with van der Waals surface area (Å²) in [5.74, 6) is -0.162. The molecule has 2 aromatic rings. The molecule has 5 nitrogen and oxygen atoms in total. The van der Waals surface area contributed by atoms with Crippen LogP contribution in [0.1, 0.15) is 41.6 Å². The fourth-order valence-corrected chi connectivity index (χ4v) is 4.47. The van der Waals surface area contributed by atoms with Crippen molar-refractivity contribution in [3.05, 3.63) is 64.7 Å². The van der Waals surface area contributed by atoms with Crippen molar-refractivity contribution in [3.8, 4) is 0 Å². The highest BCUT2D eigenvalue weighted by atomic mass is 35.5. The Labute approximate surface area is 189 Å². The molecule has 164 valence electrons. The van der Waals surface area contributed by atoms with Crippen LogP contribution in [0.2, 0.25) is 5.02 Å². The zero-order chi connectivity index (χ0) is 20.9. The first-order valence-corrected chi connectivity index (χ1v) is 12.2. The Bertz CT molecular complexity index is 932. The lowest BCUT2D eigenvalue weighted by molar-refractivity contribution is 0.0931. The van der Waals surface area contributed by atoms with Gasteiger partial charge in [-0.2, -0.15) is 0 Å². The van der Waals surface area contributed by atoms with E-state index in [1.54, 1.807) is 12.1 Å².